The molecule has 5 atom stereocenters. The van der Waals surface area contributed by atoms with Crippen molar-refractivity contribution < 1.29 is 39.2 Å². The van der Waals surface area contributed by atoms with E-state index in [-0.39, 0.29) is 47.7 Å². The van der Waals surface area contributed by atoms with Gasteiger partial charge in [-0.1, -0.05) is 0 Å². The summed E-state index contributed by atoms with van der Waals surface area (Å²) in [7, 11) is 3.10. The lowest BCUT2D eigenvalue weighted by molar-refractivity contribution is -0.148. The number of hydrogen-bond donors (Lipinski definition) is 5. The molecule has 0 aromatic heterocycles. The Kier molecular flexibility index (Phi) is 5.74. The van der Waals surface area contributed by atoms with Crippen LogP contribution in [0.25, 0.3) is 0 Å². The van der Waals surface area contributed by atoms with E-state index in [9.17, 15) is 34.8 Å². The second-order valence-corrected chi connectivity index (χ2v) is 10.8. The normalized spacial score (nSPS) is 31.7. The van der Waals surface area contributed by atoms with Gasteiger partial charge in [0.15, 0.2) is 11.4 Å². The number of aliphatic hydroxyl groups is 3. The van der Waals surface area contributed by atoms with Crippen LogP contribution in [-0.2, 0) is 22.6 Å². The number of carbonyl (C=O) groups is 3. The number of benzene rings is 1. The maximum atomic E-state index is 15.7. The highest BCUT2D eigenvalue weighted by atomic mass is 19.1. The molecule has 198 valence electrons. The lowest BCUT2D eigenvalue weighted by Crippen LogP contribution is -2.63. The number of Topliss-reactive ketones (excluding diaryl/α,β-unsaturated/α-hetero) is 2. The summed E-state index contributed by atoms with van der Waals surface area (Å²) >= 11 is 0. The molecule has 0 spiro atoms. The topological polar surface area (TPSA) is 165 Å². The first kappa shape index (κ1) is 25.4. The average molecular weight is 516 g/mol. The lowest BCUT2D eigenvalue weighted by atomic mass is 9.58. The van der Waals surface area contributed by atoms with Crippen molar-refractivity contribution >= 4 is 17.5 Å². The number of rotatable bonds is 4. The Morgan fingerprint density at radius 2 is 1.95 bits per heavy atom. The van der Waals surface area contributed by atoms with E-state index in [1.165, 1.54) is 11.0 Å². The zero-order valence-corrected chi connectivity index (χ0v) is 20.8. The summed E-state index contributed by atoms with van der Waals surface area (Å²) in [5.41, 5.74) is 1.38. The first-order valence-electron chi connectivity index (χ1n) is 12.2. The molecule has 1 unspecified atom stereocenters. The largest absolute Gasteiger partial charge is 0.510 e. The summed E-state index contributed by atoms with van der Waals surface area (Å²) < 4.78 is 15.7. The summed E-state index contributed by atoms with van der Waals surface area (Å²) in [6.07, 6.45) is 0.831. The van der Waals surface area contributed by atoms with Gasteiger partial charge in [-0.25, -0.2) is 4.39 Å². The molecule has 1 aliphatic heterocycles. The lowest BCUT2D eigenvalue weighted by Gasteiger charge is -2.50. The molecule has 1 aromatic carbocycles. The summed E-state index contributed by atoms with van der Waals surface area (Å²) in [5, 5.41) is 44.3. The Morgan fingerprint density at radius 3 is 2.49 bits per heavy atom. The van der Waals surface area contributed by atoms with E-state index in [1.54, 1.807) is 14.1 Å². The maximum absolute atomic E-state index is 15.7. The molecule has 6 N–H and O–H groups in total. The van der Waals surface area contributed by atoms with Crippen molar-refractivity contribution in [1.82, 2.24) is 9.80 Å². The molecule has 10 nitrogen and oxygen atoms in total. The average Bonchev–Trinajstić information content (AvgIpc) is 2.81. The van der Waals surface area contributed by atoms with E-state index in [4.69, 9.17) is 5.73 Å². The molecular weight excluding hydrogens is 485 g/mol. The quantitative estimate of drug-likeness (QED) is 0.366. The second kappa shape index (κ2) is 8.37. The van der Waals surface area contributed by atoms with Crippen molar-refractivity contribution in [2.75, 3.05) is 20.6 Å². The minimum Gasteiger partial charge on any atom is -0.510 e. The number of nitrogens with two attached hydrogens (primary N) is 1. The van der Waals surface area contributed by atoms with Gasteiger partial charge in [0.05, 0.1) is 11.6 Å². The number of phenolic OH excluding ortho intramolecular Hbond substituents is 1. The predicted molar refractivity (Wildman–Crippen MR) is 128 cm³/mol. The van der Waals surface area contributed by atoms with E-state index in [1.807, 2.05) is 11.8 Å². The molecule has 0 radical (unpaired) electrons. The number of primary amides is 1. The number of fused-ring (bicyclic) bond motifs is 3. The summed E-state index contributed by atoms with van der Waals surface area (Å²) in [5.74, 6) is -8.13. The monoisotopic (exact) mass is 515 g/mol. The smallest absolute Gasteiger partial charge is 0.255 e. The summed E-state index contributed by atoms with van der Waals surface area (Å²) in [4.78, 5) is 42.4. The van der Waals surface area contributed by atoms with E-state index in [0.29, 0.717) is 0 Å². The van der Waals surface area contributed by atoms with Gasteiger partial charge in [0.25, 0.3) is 5.91 Å². The maximum Gasteiger partial charge on any atom is 0.255 e. The van der Waals surface area contributed by atoms with Crippen LogP contribution in [0.15, 0.2) is 28.7 Å². The first-order valence-corrected chi connectivity index (χ1v) is 12.2. The van der Waals surface area contributed by atoms with Crippen LogP contribution >= 0.6 is 0 Å². The zero-order chi connectivity index (χ0) is 27.1. The molecule has 0 saturated carbocycles. The zero-order valence-electron chi connectivity index (χ0n) is 20.8. The van der Waals surface area contributed by atoms with E-state index < -0.39 is 69.6 Å². The van der Waals surface area contributed by atoms with Crippen LogP contribution in [0.1, 0.15) is 41.3 Å². The van der Waals surface area contributed by atoms with Gasteiger partial charge in [-0.05, 0) is 52.3 Å². The third-order valence-corrected chi connectivity index (χ3v) is 8.56. The fourth-order valence-corrected chi connectivity index (χ4v) is 6.49. The number of nitrogens with zero attached hydrogens (tertiary/aromatic N) is 2. The van der Waals surface area contributed by atoms with Crippen LogP contribution in [0.2, 0.25) is 0 Å². The summed E-state index contributed by atoms with van der Waals surface area (Å²) in [6, 6.07) is 0.386. The molecule has 0 bridgehead atoms. The van der Waals surface area contributed by atoms with E-state index in [0.717, 1.165) is 13.0 Å². The van der Waals surface area contributed by atoms with E-state index >= 15 is 4.39 Å². The molecule has 1 amide bonds. The second-order valence-electron chi connectivity index (χ2n) is 10.8. The van der Waals surface area contributed by atoms with E-state index in [2.05, 4.69) is 0 Å². The molecule has 4 aliphatic rings. The van der Waals surface area contributed by atoms with Crippen molar-refractivity contribution in [1.29, 1.82) is 0 Å². The van der Waals surface area contributed by atoms with Crippen LogP contribution in [-0.4, -0.2) is 86.0 Å². The number of ketones is 2. The predicted octanol–water partition coefficient (Wildman–Crippen LogP) is 0.854. The Morgan fingerprint density at radius 1 is 1.27 bits per heavy atom. The van der Waals surface area contributed by atoms with Gasteiger partial charge in [0.1, 0.15) is 28.7 Å². The van der Waals surface area contributed by atoms with Crippen LogP contribution < -0.4 is 5.73 Å². The number of allylic oxidation sites excluding steroid dienone is 1. The van der Waals surface area contributed by atoms with Gasteiger partial charge >= 0.3 is 0 Å². The number of phenols is 1. The molecular formula is C26H30FN3O7. The van der Waals surface area contributed by atoms with Gasteiger partial charge in [-0.3, -0.25) is 24.2 Å². The van der Waals surface area contributed by atoms with Gasteiger partial charge in [0, 0.05) is 41.7 Å². The Bertz CT molecular complexity index is 1320. The highest BCUT2D eigenvalue weighted by Crippen LogP contribution is 2.52. The van der Waals surface area contributed by atoms with Crippen molar-refractivity contribution in [3.63, 3.8) is 0 Å². The Labute approximate surface area is 212 Å². The van der Waals surface area contributed by atoms with Crippen LogP contribution in [0.5, 0.6) is 5.75 Å². The van der Waals surface area contributed by atoms with Crippen LogP contribution in [0.3, 0.4) is 0 Å². The fourth-order valence-electron chi connectivity index (χ4n) is 6.49. The van der Waals surface area contributed by atoms with Gasteiger partial charge < -0.3 is 26.2 Å². The summed E-state index contributed by atoms with van der Waals surface area (Å²) in [6.45, 7) is 3.09. The SMILES string of the molecule is CC1CCN1Cc1cc(O)c2c(c1F)C[C@H]1C[C@H]3[C@H](N(C)C)C(O)=C(C(N)=O)C(=O)[C@@]3(O)C(O)=C1C2=O. The highest BCUT2D eigenvalue weighted by molar-refractivity contribution is 6.24. The molecule has 1 fully saturated rings. The van der Waals surface area contributed by atoms with Crippen molar-refractivity contribution in [3.8, 4) is 5.75 Å². The van der Waals surface area contributed by atoms with Crippen molar-refractivity contribution in [2.24, 2.45) is 17.6 Å². The number of likely N-dealkylation sites (tertiary alicyclic amines) is 1. The number of hydrogen-bond acceptors (Lipinski definition) is 9. The van der Waals surface area contributed by atoms with Crippen molar-refractivity contribution in [2.45, 2.75) is 50.4 Å². The molecule has 1 heterocycles. The number of carbonyl (C=O) groups excluding carboxylic acids is 3. The molecule has 5 rings (SSSR count). The number of likely N-dealkylation sites (N-methyl/N-ethyl adjacent to an activating group) is 1. The highest BCUT2D eigenvalue weighted by Gasteiger charge is 2.63. The third kappa shape index (κ3) is 3.37. The van der Waals surface area contributed by atoms with Crippen LogP contribution in [0, 0.1) is 17.7 Å². The molecule has 3 aliphatic carbocycles. The molecule has 1 saturated heterocycles. The van der Waals surface area contributed by atoms with Gasteiger partial charge in [-0.15, -0.1) is 0 Å². The number of aliphatic hydroxyl groups excluding tert-OH is 2. The van der Waals surface area contributed by atoms with Crippen LogP contribution in [0.4, 0.5) is 4.39 Å². The fraction of sp³-hybridized carbons (Fsp3) is 0.500. The number of amides is 1. The standard InChI is InChI=1S/C26H30FN3O7/c1-10-4-5-30(10)9-12-8-15(31)17-13(19(12)27)6-11-7-14-20(29(2)3)22(33)18(25(28)36)24(35)26(14,37)23(34)16(11)21(17)32/h8,10-11,14,20,31,33-34,37H,4-7,9H2,1-3H3,(H2,28,36)/t10?,11-,14-,20-,26-/m0/s1. The Balaban J connectivity index is 1.65. The minimum atomic E-state index is -2.72. The number of aromatic hydroxyl groups is 1. The van der Waals surface area contributed by atoms with Gasteiger partial charge in [0.2, 0.25) is 5.78 Å². The number of halogens is 1. The van der Waals surface area contributed by atoms with Crippen molar-refractivity contribution in [3.05, 3.63) is 51.2 Å². The first-order chi connectivity index (χ1) is 17.3. The van der Waals surface area contributed by atoms with Gasteiger partial charge in [-0.2, -0.15) is 0 Å². The minimum absolute atomic E-state index is 0.0151. The third-order valence-electron chi connectivity index (χ3n) is 8.56. The molecule has 11 heteroatoms. The Hall–Kier alpha value is -3.28. The molecule has 37 heavy (non-hydrogen) atoms. The molecule has 1 aromatic rings.